The molecule has 0 radical (unpaired) electrons. The van der Waals surface area contributed by atoms with Crippen molar-refractivity contribution >= 4 is 23.4 Å². The second kappa shape index (κ2) is 10.9. The van der Waals surface area contributed by atoms with Crippen molar-refractivity contribution < 1.29 is 4.74 Å². The highest BCUT2D eigenvalue weighted by atomic mass is 35.5. The Bertz CT molecular complexity index is 755. The lowest BCUT2D eigenvalue weighted by Crippen LogP contribution is -2.44. The standard InChI is InChI=1S/C21H28ClN5O/c1-2-23-21(25-12-14-28-16-17-7-4-3-5-8-17)26-18-10-13-27(15-18)20-19(22)9-6-11-24-20/h3-9,11,18H,2,10,12-16H2,1H3,(H2,23,25,26). The molecule has 1 fully saturated rings. The first-order valence-electron chi connectivity index (χ1n) is 9.78. The number of ether oxygens (including phenoxy) is 1. The van der Waals surface area contributed by atoms with Crippen molar-refractivity contribution in [1.82, 2.24) is 15.6 Å². The number of nitrogens with zero attached hydrogens (tertiary/aromatic N) is 3. The molecule has 1 atom stereocenters. The van der Waals surface area contributed by atoms with Crippen LogP contribution in [0.5, 0.6) is 0 Å². The van der Waals surface area contributed by atoms with Gasteiger partial charge in [-0.05, 0) is 31.0 Å². The van der Waals surface area contributed by atoms with Crippen LogP contribution in [0.15, 0.2) is 53.7 Å². The summed E-state index contributed by atoms with van der Waals surface area (Å²) in [7, 11) is 0. The van der Waals surface area contributed by atoms with E-state index in [1.807, 2.05) is 30.3 Å². The molecule has 1 saturated heterocycles. The number of anilines is 1. The van der Waals surface area contributed by atoms with E-state index in [1.165, 1.54) is 5.56 Å². The Balaban J connectivity index is 1.45. The van der Waals surface area contributed by atoms with E-state index in [0.717, 1.165) is 37.8 Å². The van der Waals surface area contributed by atoms with Gasteiger partial charge in [0.2, 0.25) is 0 Å². The predicted octanol–water partition coefficient (Wildman–Crippen LogP) is 3.09. The summed E-state index contributed by atoms with van der Waals surface area (Å²) in [6, 6.07) is 14.2. The van der Waals surface area contributed by atoms with Crippen LogP contribution < -0.4 is 15.5 Å². The van der Waals surface area contributed by atoms with Gasteiger partial charge in [-0.25, -0.2) is 4.98 Å². The van der Waals surface area contributed by atoms with Gasteiger partial charge in [0.05, 0.1) is 24.8 Å². The van der Waals surface area contributed by atoms with E-state index in [2.05, 4.69) is 44.6 Å². The van der Waals surface area contributed by atoms with Crippen LogP contribution in [0.3, 0.4) is 0 Å². The zero-order valence-corrected chi connectivity index (χ0v) is 17.0. The van der Waals surface area contributed by atoms with Crippen LogP contribution in [0.4, 0.5) is 5.82 Å². The van der Waals surface area contributed by atoms with Gasteiger partial charge in [-0.15, -0.1) is 0 Å². The summed E-state index contributed by atoms with van der Waals surface area (Å²) < 4.78 is 5.71. The first kappa shape index (κ1) is 20.4. The molecule has 1 aromatic carbocycles. The molecule has 2 aromatic rings. The third-order valence-electron chi connectivity index (χ3n) is 4.53. The maximum atomic E-state index is 6.28. The van der Waals surface area contributed by atoms with Gasteiger partial charge in [-0.1, -0.05) is 41.9 Å². The summed E-state index contributed by atoms with van der Waals surface area (Å²) in [6.07, 6.45) is 2.80. The van der Waals surface area contributed by atoms with Crippen LogP contribution in [0.2, 0.25) is 5.02 Å². The fourth-order valence-corrected chi connectivity index (χ4v) is 3.42. The zero-order chi connectivity index (χ0) is 19.6. The molecule has 6 nitrogen and oxygen atoms in total. The molecule has 0 bridgehead atoms. The number of aliphatic imine (C=N–C) groups is 1. The molecule has 0 amide bonds. The van der Waals surface area contributed by atoms with Crippen LogP contribution in [-0.4, -0.2) is 49.8 Å². The second-order valence-corrected chi connectivity index (χ2v) is 7.09. The molecule has 3 rings (SSSR count). The van der Waals surface area contributed by atoms with E-state index in [0.29, 0.717) is 30.8 Å². The highest BCUT2D eigenvalue weighted by molar-refractivity contribution is 6.32. The van der Waals surface area contributed by atoms with Crippen LogP contribution >= 0.6 is 11.6 Å². The third kappa shape index (κ3) is 6.11. The monoisotopic (exact) mass is 401 g/mol. The van der Waals surface area contributed by atoms with E-state index in [4.69, 9.17) is 16.3 Å². The van der Waals surface area contributed by atoms with Gasteiger partial charge in [0.1, 0.15) is 5.82 Å². The summed E-state index contributed by atoms with van der Waals surface area (Å²) in [6.45, 7) is 6.48. The Morgan fingerprint density at radius 3 is 2.93 bits per heavy atom. The lowest BCUT2D eigenvalue weighted by molar-refractivity contribution is 0.128. The van der Waals surface area contributed by atoms with Crippen LogP contribution in [0.1, 0.15) is 18.9 Å². The topological polar surface area (TPSA) is 61.8 Å². The SMILES string of the molecule is CCNC(=NCCOCc1ccccc1)NC1CCN(c2ncccc2Cl)C1. The van der Waals surface area contributed by atoms with Crippen molar-refractivity contribution in [3.63, 3.8) is 0 Å². The highest BCUT2D eigenvalue weighted by Crippen LogP contribution is 2.25. The van der Waals surface area contributed by atoms with Gasteiger partial charge in [0.15, 0.2) is 5.96 Å². The fraction of sp³-hybridized carbons (Fsp3) is 0.429. The fourth-order valence-electron chi connectivity index (χ4n) is 3.18. The average molecular weight is 402 g/mol. The molecule has 28 heavy (non-hydrogen) atoms. The summed E-state index contributed by atoms with van der Waals surface area (Å²) in [4.78, 5) is 11.3. The van der Waals surface area contributed by atoms with Gasteiger partial charge in [0.25, 0.3) is 0 Å². The van der Waals surface area contributed by atoms with Crippen molar-refractivity contribution in [2.45, 2.75) is 26.0 Å². The summed E-state index contributed by atoms with van der Waals surface area (Å²) in [5.74, 6) is 1.68. The lowest BCUT2D eigenvalue weighted by Gasteiger charge is -2.20. The zero-order valence-electron chi connectivity index (χ0n) is 16.3. The van der Waals surface area contributed by atoms with Crippen molar-refractivity contribution in [2.75, 3.05) is 37.7 Å². The van der Waals surface area contributed by atoms with Crippen LogP contribution in [0, 0.1) is 0 Å². The Kier molecular flexibility index (Phi) is 7.94. The molecular formula is C21H28ClN5O. The molecule has 0 spiro atoms. The van der Waals surface area contributed by atoms with E-state index in [1.54, 1.807) is 6.20 Å². The number of rotatable bonds is 8. The smallest absolute Gasteiger partial charge is 0.191 e. The number of guanidine groups is 1. The van der Waals surface area contributed by atoms with Crippen molar-refractivity contribution in [1.29, 1.82) is 0 Å². The van der Waals surface area contributed by atoms with Gasteiger partial charge < -0.3 is 20.3 Å². The van der Waals surface area contributed by atoms with E-state index in [9.17, 15) is 0 Å². The molecule has 1 aromatic heterocycles. The predicted molar refractivity (Wildman–Crippen MR) is 115 cm³/mol. The minimum atomic E-state index is 0.307. The molecule has 1 aliphatic rings. The quantitative estimate of drug-likeness (QED) is 0.404. The van der Waals surface area contributed by atoms with Crippen LogP contribution in [0.25, 0.3) is 0 Å². The average Bonchev–Trinajstić information content (AvgIpc) is 3.17. The van der Waals surface area contributed by atoms with Crippen LogP contribution in [-0.2, 0) is 11.3 Å². The normalized spacial score (nSPS) is 17.0. The largest absolute Gasteiger partial charge is 0.375 e. The Labute approximate surface area is 172 Å². The number of halogens is 1. The number of pyridine rings is 1. The van der Waals surface area contributed by atoms with Gasteiger partial charge >= 0.3 is 0 Å². The lowest BCUT2D eigenvalue weighted by atomic mass is 10.2. The Morgan fingerprint density at radius 1 is 1.29 bits per heavy atom. The molecule has 0 aliphatic carbocycles. The molecule has 150 valence electrons. The molecule has 2 heterocycles. The Morgan fingerprint density at radius 2 is 2.14 bits per heavy atom. The van der Waals surface area contributed by atoms with Crippen molar-refractivity contribution in [3.05, 3.63) is 59.2 Å². The molecule has 1 unspecified atom stereocenters. The minimum Gasteiger partial charge on any atom is -0.375 e. The summed E-state index contributed by atoms with van der Waals surface area (Å²) >= 11 is 6.28. The van der Waals surface area contributed by atoms with Gasteiger partial charge in [0, 0.05) is 31.9 Å². The summed E-state index contributed by atoms with van der Waals surface area (Å²) in [5, 5.41) is 7.52. The molecule has 7 heteroatoms. The van der Waals surface area contributed by atoms with Crippen molar-refractivity contribution in [3.8, 4) is 0 Å². The number of aromatic nitrogens is 1. The first-order valence-corrected chi connectivity index (χ1v) is 10.2. The maximum Gasteiger partial charge on any atom is 0.191 e. The van der Waals surface area contributed by atoms with Gasteiger partial charge in [-0.3, -0.25) is 4.99 Å². The molecule has 0 saturated carbocycles. The maximum absolute atomic E-state index is 6.28. The van der Waals surface area contributed by atoms with E-state index >= 15 is 0 Å². The van der Waals surface area contributed by atoms with Crippen molar-refractivity contribution in [2.24, 2.45) is 4.99 Å². The summed E-state index contributed by atoms with van der Waals surface area (Å²) in [5.41, 5.74) is 1.18. The first-order chi connectivity index (χ1) is 13.8. The number of hydrogen-bond donors (Lipinski definition) is 2. The second-order valence-electron chi connectivity index (χ2n) is 6.68. The third-order valence-corrected chi connectivity index (χ3v) is 4.82. The van der Waals surface area contributed by atoms with E-state index < -0.39 is 0 Å². The molecule has 2 N–H and O–H groups in total. The molecule has 1 aliphatic heterocycles. The van der Waals surface area contributed by atoms with Gasteiger partial charge in [-0.2, -0.15) is 0 Å². The number of hydrogen-bond acceptors (Lipinski definition) is 4. The highest BCUT2D eigenvalue weighted by Gasteiger charge is 2.25. The Hall–Kier alpha value is -2.31. The van der Waals surface area contributed by atoms with E-state index in [-0.39, 0.29) is 0 Å². The minimum absolute atomic E-state index is 0.307. The number of nitrogens with one attached hydrogen (secondary N) is 2. The number of benzene rings is 1. The molecular weight excluding hydrogens is 374 g/mol.